The number of ether oxygens (including phenoxy) is 2. The van der Waals surface area contributed by atoms with E-state index in [1.54, 1.807) is 31.2 Å². The molecular weight excluding hydrogens is 405 g/mol. The summed E-state index contributed by atoms with van der Waals surface area (Å²) in [5.41, 5.74) is -1.23. The molecule has 9 heteroatoms. The van der Waals surface area contributed by atoms with E-state index in [2.05, 4.69) is 10.6 Å². The second kappa shape index (κ2) is 9.03. The second-order valence-corrected chi connectivity index (χ2v) is 7.00. The smallest absolute Gasteiger partial charge is 0.325 e. The predicted octanol–water partition coefficient (Wildman–Crippen LogP) is 3.03. The van der Waals surface area contributed by atoms with Gasteiger partial charge in [0.1, 0.15) is 29.4 Å². The number of imide groups is 1. The van der Waals surface area contributed by atoms with Crippen LogP contribution in [-0.2, 0) is 15.1 Å². The molecule has 1 aliphatic heterocycles. The number of carbonyl (C=O) groups excluding carboxylic acids is 3. The molecule has 4 amide bonds. The maximum atomic E-state index is 14.3. The Bertz CT molecular complexity index is 1010. The van der Waals surface area contributed by atoms with Crippen molar-refractivity contribution in [3.8, 4) is 11.5 Å². The van der Waals surface area contributed by atoms with Crippen LogP contribution in [0.2, 0.25) is 0 Å². The zero-order valence-corrected chi connectivity index (χ0v) is 17.5. The molecule has 1 aliphatic rings. The molecule has 0 saturated carbocycles. The number of nitrogens with zero attached hydrogens (tertiary/aromatic N) is 1. The summed E-state index contributed by atoms with van der Waals surface area (Å²) in [7, 11) is 0. The lowest BCUT2D eigenvalue weighted by Crippen LogP contribution is -2.42. The summed E-state index contributed by atoms with van der Waals surface area (Å²) in [6.45, 7) is 5.32. The van der Waals surface area contributed by atoms with E-state index in [9.17, 15) is 18.8 Å². The zero-order valence-electron chi connectivity index (χ0n) is 17.5. The molecule has 0 aliphatic carbocycles. The van der Waals surface area contributed by atoms with Crippen molar-refractivity contribution >= 4 is 23.5 Å². The topological polar surface area (TPSA) is 97.0 Å². The molecule has 8 nitrogen and oxygen atoms in total. The van der Waals surface area contributed by atoms with Gasteiger partial charge in [0.15, 0.2) is 0 Å². The van der Waals surface area contributed by atoms with Gasteiger partial charge < -0.3 is 20.1 Å². The average Bonchev–Trinajstić information content (AvgIpc) is 2.94. The molecule has 1 atom stereocenters. The molecule has 2 aromatic rings. The van der Waals surface area contributed by atoms with Gasteiger partial charge in [0.25, 0.3) is 5.91 Å². The normalized spacial score (nSPS) is 18.0. The van der Waals surface area contributed by atoms with Crippen molar-refractivity contribution in [2.75, 3.05) is 25.1 Å². The van der Waals surface area contributed by atoms with Gasteiger partial charge in [-0.3, -0.25) is 14.5 Å². The highest BCUT2D eigenvalue weighted by Crippen LogP contribution is 2.32. The fourth-order valence-electron chi connectivity index (χ4n) is 3.37. The molecule has 164 valence electrons. The first-order chi connectivity index (χ1) is 14.8. The highest BCUT2D eigenvalue weighted by Gasteiger charge is 2.50. The van der Waals surface area contributed by atoms with E-state index >= 15 is 0 Å². The summed E-state index contributed by atoms with van der Waals surface area (Å²) < 4.78 is 25.2. The number of carbonyl (C=O) groups is 3. The number of urea groups is 1. The Morgan fingerprint density at radius 1 is 1.13 bits per heavy atom. The minimum atomic E-state index is -1.60. The largest absolute Gasteiger partial charge is 0.494 e. The third-order valence-corrected chi connectivity index (χ3v) is 4.83. The van der Waals surface area contributed by atoms with Crippen molar-refractivity contribution in [1.29, 1.82) is 0 Å². The highest BCUT2D eigenvalue weighted by atomic mass is 19.1. The molecule has 0 radical (unpaired) electrons. The number of hydrogen-bond acceptors (Lipinski definition) is 5. The molecule has 31 heavy (non-hydrogen) atoms. The molecular formula is C22H24FN3O5. The van der Waals surface area contributed by atoms with Gasteiger partial charge in [0.2, 0.25) is 5.91 Å². The number of rotatable bonds is 8. The average molecular weight is 429 g/mol. The van der Waals surface area contributed by atoms with E-state index in [4.69, 9.17) is 9.47 Å². The minimum Gasteiger partial charge on any atom is -0.494 e. The predicted molar refractivity (Wildman–Crippen MR) is 111 cm³/mol. The lowest BCUT2D eigenvalue weighted by atomic mass is 9.91. The van der Waals surface area contributed by atoms with Gasteiger partial charge in [-0.15, -0.1) is 0 Å². The second-order valence-electron chi connectivity index (χ2n) is 7.00. The lowest BCUT2D eigenvalue weighted by Gasteiger charge is -2.22. The molecule has 3 rings (SSSR count). The van der Waals surface area contributed by atoms with Crippen LogP contribution in [0.3, 0.4) is 0 Å². The first-order valence-corrected chi connectivity index (χ1v) is 9.88. The maximum Gasteiger partial charge on any atom is 0.325 e. The van der Waals surface area contributed by atoms with E-state index < -0.39 is 35.7 Å². The highest BCUT2D eigenvalue weighted by molar-refractivity contribution is 6.10. The van der Waals surface area contributed by atoms with E-state index in [1.807, 2.05) is 6.92 Å². The molecule has 2 aromatic carbocycles. The summed E-state index contributed by atoms with van der Waals surface area (Å²) >= 11 is 0. The minimum absolute atomic E-state index is 0.0271. The van der Waals surface area contributed by atoms with Crippen molar-refractivity contribution in [3.63, 3.8) is 0 Å². The Balaban J connectivity index is 1.78. The number of halogens is 1. The fourth-order valence-corrected chi connectivity index (χ4v) is 3.37. The van der Waals surface area contributed by atoms with Gasteiger partial charge in [-0.25, -0.2) is 9.18 Å². The number of amides is 4. The van der Waals surface area contributed by atoms with Crippen LogP contribution in [0.15, 0.2) is 42.5 Å². The van der Waals surface area contributed by atoms with Crippen LogP contribution in [0.5, 0.6) is 11.5 Å². The van der Waals surface area contributed by atoms with Crippen LogP contribution < -0.4 is 20.1 Å². The maximum absolute atomic E-state index is 14.3. The summed E-state index contributed by atoms with van der Waals surface area (Å²) in [5.74, 6) is -1.00. The van der Waals surface area contributed by atoms with Crippen molar-refractivity contribution < 1.29 is 28.2 Å². The first-order valence-electron chi connectivity index (χ1n) is 9.88. The summed E-state index contributed by atoms with van der Waals surface area (Å²) in [5, 5.41) is 5.14. The van der Waals surface area contributed by atoms with Crippen LogP contribution >= 0.6 is 0 Å². The molecule has 2 N–H and O–H groups in total. The third kappa shape index (κ3) is 4.45. The third-order valence-electron chi connectivity index (χ3n) is 4.83. The monoisotopic (exact) mass is 429 g/mol. The Morgan fingerprint density at radius 3 is 2.52 bits per heavy atom. The number of hydrogen-bond donors (Lipinski definition) is 2. The molecule has 1 saturated heterocycles. The fraction of sp³-hybridized carbons (Fsp3) is 0.318. The molecule has 0 spiro atoms. The SMILES string of the molecule is CCOc1ccc(OCC)c(NC(=O)CN2C(=O)NC(C)(c3ccccc3F)C2=O)c1. The van der Waals surface area contributed by atoms with Crippen molar-refractivity contribution in [3.05, 3.63) is 53.8 Å². The van der Waals surface area contributed by atoms with Crippen LogP contribution in [0.1, 0.15) is 26.3 Å². The van der Waals surface area contributed by atoms with E-state index in [0.29, 0.717) is 30.4 Å². The summed E-state index contributed by atoms with van der Waals surface area (Å²) in [4.78, 5) is 38.8. The van der Waals surface area contributed by atoms with Crippen LogP contribution in [0.4, 0.5) is 14.9 Å². The standard InChI is InChI=1S/C22H24FN3O5/c1-4-30-14-10-11-18(31-5-2)17(12-14)24-19(27)13-26-20(28)22(3,25-21(26)29)15-8-6-7-9-16(15)23/h6-12H,4-5,13H2,1-3H3,(H,24,27)(H,25,29). The zero-order chi connectivity index (χ0) is 22.6. The number of anilines is 1. The quantitative estimate of drug-likeness (QED) is 0.629. The first kappa shape index (κ1) is 22.1. The van der Waals surface area contributed by atoms with Crippen LogP contribution in [0, 0.1) is 5.82 Å². The van der Waals surface area contributed by atoms with Gasteiger partial charge in [-0.2, -0.15) is 0 Å². The molecule has 0 aromatic heterocycles. The van der Waals surface area contributed by atoms with Crippen LogP contribution in [-0.4, -0.2) is 42.5 Å². The van der Waals surface area contributed by atoms with Gasteiger partial charge in [-0.1, -0.05) is 18.2 Å². The Labute approximate surface area is 179 Å². The van der Waals surface area contributed by atoms with Gasteiger partial charge in [0, 0.05) is 11.6 Å². The number of benzene rings is 2. The summed E-state index contributed by atoms with van der Waals surface area (Å²) in [6.07, 6.45) is 0. The lowest BCUT2D eigenvalue weighted by molar-refractivity contribution is -0.133. The van der Waals surface area contributed by atoms with E-state index in [1.165, 1.54) is 25.1 Å². The Kier molecular flexibility index (Phi) is 6.43. The van der Waals surface area contributed by atoms with Crippen molar-refractivity contribution in [2.45, 2.75) is 26.3 Å². The van der Waals surface area contributed by atoms with E-state index in [0.717, 1.165) is 4.90 Å². The molecule has 0 bridgehead atoms. The van der Waals surface area contributed by atoms with Crippen LogP contribution in [0.25, 0.3) is 0 Å². The van der Waals surface area contributed by atoms with Gasteiger partial charge >= 0.3 is 6.03 Å². The van der Waals surface area contributed by atoms with E-state index in [-0.39, 0.29) is 5.56 Å². The summed E-state index contributed by atoms with van der Waals surface area (Å²) in [6, 6.07) is 9.87. The molecule has 1 fully saturated rings. The Morgan fingerprint density at radius 2 is 1.84 bits per heavy atom. The number of nitrogens with one attached hydrogen (secondary N) is 2. The Hall–Kier alpha value is -3.62. The van der Waals surface area contributed by atoms with Gasteiger partial charge in [-0.05, 0) is 39.0 Å². The van der Waals surface area contributed by atoms with Crippen molar-refractivity contribution in [1.82, 2.24) is 10.2 Å². The molecule has 1 heterocycles. The molecule has 1 unspecified atom stereocenters. The van der Waals surface area contributed by atoms with Crippen molar-refractivity contribution in [2.24, 2.45) is 0 Å². The van der Waals surface area contributed by atoms with Gasteiger partial charge in [0.05, 0.1) is 18.9 Å².